The summed E-state index contributed by atoms with van der Waals surface area (Å²) in [6.07, 6.45) is -7.95. The molecule has 2 saturated heterocycles. The van der Waals surface area contributed by atoms with Crippen molar-refractivity contribution in [1.29, 1.82) is 0 Å². The summed E-state index contributed by atoms with van der Waals surface area (Å²) in [7, 11) is 0. The van der Waals surface area contributed by atoms with Crippen molar-refractivity contribution in [1.82, 2.24) is 0 Å². The van der Waals surface area contributed by atoms with Gasteiger partial charge in [0.15, 0.2) is 5.44 Å². The maximum atomic E-state index is 13.5. The van der Waals surface area contributed by atoms with Gasteiger partial charge in [-0.15, -0.1) is 0 Å². The zero-order valence-electron chi connectivity index (χ0n) is 25.5. The van der Waals surface area contributed by atoms with Crippen LogP contribution >= 0.6 is 12.0 Å². The number of nitrogens with zero attached hydrogens (tertiary/aromatic N) is 1. The quantitative estimate of drug-likeness (QED) is 0.0939. The van der Waals surface area contributed by atoms with Crippen LogP contribution in [0.3, 0.4) is 0 Å². The number of aliphatic hydroxyl groups excluding tert-OH is 5. The van der Waals surface area contributed by atoms with Crippen LogP contribution in [0.5, 0.6) is 5.75 Å². The van der Waals surface area contributed by atoms with Crippen molar-refractivity contribution >= 4 is 23.6 Å². The minimum absolute atomic E-state index is 0.0630. The highest BCUT2D eigenvalue weighted by molar-refractivity contribution is 7.94. The van der Waals surface area contributed by atoms with E-state index in [1.165, 1.54) is 24.3 Å². The van der Waals surface area contributed by atoms with E-state index in [1.54, 1.807) is 47.4 Å². The molecule has 0 unspecified atom stereocenters. The van der Waals surface area contributed by atoms with Crippen molar-refractivity contribution in [2.24, 2.45) is 5.92 Å². The third-order valence-electron chi connectivity index (χ3n) is 9.19. The van der Waals surface area contributed by atoms with Crippen LogP contribution in [0, 0.1) is 11.7 Å². The molecule has 48 heavy (non-hydrogen) atoms. The smallest absolute Gasteiger partial charge is 0.233 e. The molecule has 10 nitrogen and oxygen atoms in total. The van der Waals surface area contributed by atoms with Crippen LogP contribution < -0.4 is 4.90 Å². The summed E-state index contributed by atoms with van der Waals surface area (Å²) in [4.78, 5) is 15.1. The van der Waals surface area contributed by atoms with Crippen LogP contribution in [0.2, 0.25) is 0 Å². The standard InChI is InChI=1S/C36H36FNO9S/c37-23-12-9-19(10-13-23)27(39)16-15-26-29(38(35(26)45)24-7-2-1-3-8-24)25-14-11-21(18-28(25)40)20-5-4-6-22(17-20)30(41)34-32(43)31(42)33(44)36(47-34)48-46/h1-14,17-18,26-27,29-34,36,39-44,46H,15-16H2/t26-,27+,29-,30+,31+,32+,33-,34-,36+/m1/s1. The van der Waals surface area contributed by atoms with E-state index in [-0.39, 0.29) is 30.1 Å². The SMILES string of the molecule is O=C1[C@H](CC[C@H](O)c2ccc(F)cc2)[C@@H](c2ccc(-c3cccc([C@H](O)[C@H]4O[C@@H](SO)[C@H](O)[C@@H](O)[C@@H]4O)c3)cc2O)N1c1ccccc1. The minimum atomic E-state index is -1.65. The summed E-state index contributed by atoms with van der Waals surface area (Å²) < 4.78 is 28.3. The first-order chi connectivity index (χ1) is 23.1. The number of benzene rings is 4. The predicted molar refractivity (Wildman–Crippen MR) is 176 cm³/mol. The first-order valence-electron chi connectivity index (χ1n) is 15.5. The molecule has 0 aromatic heterocycles. The van der Waals surface area contributed by atoms with Crippen LogP contribution in [0.15, 0.2) is 97.1 Å². The fourth-order valence-electron chi connectivity index (χ4n) is 6.54. The fraction of sp³-hybridized carbons (Fsp3) is 0.306. The largest absolute Gasteiger partial charge is 0.508 e. The highest BCUT2D eigenvalue weighted by Gasteiger charge is 2.50. The number of hydrogen-bond acceptors (Lipinski definition) is 10. The molecule has 1 amide bonds. The van der Waals surface area contributed by atoms with E-state index >= 15 is 0 Å². The lowest BCUT2D eigenvalue weighted by Gasteiger charge is -2.48. The Balaban J connectivity index is 1.25. The minimum Gasteiger partial charge on any atom is -0.508 e. The molecule has 0 bridgehead atoms. The van der Waals surface area contributed by atoms with Crippen LogP contribution in [0.4, 0.5) is 10.1 Å². The zero-order valence-corrected chi connectivity index (χ0v) is 26.3. The van der Waals surface area contributed by atoms with Crippen LogP contribution in [-0.2, 0) is 9.53 Å². The van der Waals surface area contributed by atoms with Crippen molar-refractivity contribution in [2.45, 2.75) is 60.9 Å². The van der Waals surface area contributed by atoms with E-state index in [0.717, 1.165) is 0 Å². The number of phenols is 1. The molecule has 12 heteroatoms. The number of halogens is 1. The zero-order chi connectivity index (χ0) is 34.1. The monoisotopic (exact) mass is 677 g/mol. The van der Waals surface area contributed by atoms with E-state index in [0.29, 0.717) is 39.9 Å². The summed E-state index contributed by atoms with van der Waals surface area (Å²) in [5.41, 5.74) is 1.97. The number of aromatic hydroxyl groups is 1. The molecule has 4 aromatic rings. The number of rotatable bonds is 10. The lowest BCUT2D eigenvalue weighted by Crippen LogP contribution is -2.58. The van der Waals surface area contributed by atoms with Crippen molar-refractivity contribution in [3.63, 3.8) is 0 Å². The van der Waals surface area contributed by atoms with Gasteiger partial charge in [0.05, 0.1) is 18.1 Å². The van der Waals surface area contributed by atoms with Gasteiger partial charge in [-0.05, 0) is 71.5 Å². The van der Waals surface area contributed by atoms with Crippen LogP contribution in [0.1, 0.15) is 47.8 Å². The van der Waals surface area contributed by atoms with Crippen molar-refractivity contribution < 1.29 is 49.1 Å². The molecule has 252 valence electrons. The Bertz CT molecular complexity index is 1730. The summed E-state index contributed by atoms with van der Waals surface area (Å²) in [6.45, 7) is 0. The van der Waals surface area contributed by atoms with E-state index < -0.39 is 59.8 Å². The van der Waals surface area contributed by atoms with Gasteiger partial charge < -0.3 is 44.8 Å². The van der Waals surface area contributed by atoms with Crippen molar-refractivity contribution in [3.8, 4) is 16.9 Å². The van der Waals surface area contributed by atoms with Crippen molar-refractivity contribution in [2.75, 3.05) is 4.90 Å². The lowest BCUT2D eigenvalue weighted by atomic mass is 9.77. The van der Waals surface area contributed by atoms with Gasteiger partial charge >= 0.3 is 0 Å². The second-order valence-corrected chi connectivity index (χ2v) is 12.8. The number of amides is 1. The molecule has 0 radical (unpaired) electrons. The van der Waals surface area contributed by atoms with Gasteiger partial charge in [-0.1, -0.05) is 60.7 Å². The maximum absolute atomic E-state index is 13.5. The number of carbonyl (C=O) groups is 1. The van der Waals surface area contributed by atoms with Crippen LogP contribution in [0.25, 0.3) is 11.1 Å². The molecule has 4 aromatic carbocycles. The van der Waals surface area contributed by atoms with E-state index in [9.17, 15) is 44.4 Å². The average Bonchev–Trinajstić information content (AvgIpc) is 3.10. The van der Waals surface area contributed by atoms with Gasteiger partial charge in [-0.2, -0.15) is 0 Å². The van der Waals surface area contributed by atoms with E-state index in [4.69, 9.17) is 4.74 Å². The third-order valence-corrected chi connectivity index (χ3v) is 9.78. The second kappa shape index (κ2) is 14.3. The molecule has 6 rings (SSSR count). The number of β-lactam (4-membered cyclic amide) rings is 1. The Morgan fingerprint density at radius 1 is 0.812 bits per heavy atom. The Hall–Kier alpha value is -3.85. The number of aliphatic hydroxyl groups is 5. The first-order valence-corrected chi connectivity index (χ1v) is 16.4. The Kier molecular flexibility index (Phi) is 10.2. The summed E-state index contributed by atoms with van der Waals surface area (Å²) in [5, 5.41) is 64.0. The van der Waals surface area contributed by atoms with Crippen molar-refractivity contribution in [3.05, 3.63) is 120 Å². The second-order valence-electron chi connectivity index (χ2n) is 12.1. The molecular weight excluding hydrogens is 641 g/mol. The number of carbonyl (C=O) groups excluding carboxylic acids is 1. The highest BCUT2D eigenvalue weighted by atomic mass is 32.2. The van der Waals surface area contributed by atoms with Gasteiger partial charge in [0.1, 0.15) is 42.1 Å². The molecule has 0 spiro atoms. The molecule has 0 aliphatic carbocycles. The summed E-state index contributed by atoms with van der Waals surface area (Å²) >= 11 is 0.159. The number of para-hydroxylation sites is 1. The van der Waals surface area contributed by atoms with E-state index in [2.05, 4.69) is 0 Å². The number of hydrogen-bond donors (Lipinski definition) is 7. The average molecular weight is 678 g/mol. The molecule has 2 heterocycles. The van der Waals surface area contributed by atoms with Gasteiger partial charge in [0.25, 0.3) is 0 Å². The molecular formula is C36H36FNO9S. The number of ether oxygens (including phenoxy) is 1. The maximum Gasteiger partial charge on any atom is 0.233 e. The molecule has 2 aliphatic rings. The number of phenolic OH excluding ortho intramolecular Hbond substituents is 1. The molecule has 7 N–H and O–H groups in total. The highest BCUT2D eigenvalue weighted by Crippen LogP contribution is 2.49. The Morgan fingerprint density at radius 3 is 2.21 bits per heavy atom. The lowest BCUT2D eigenvalue weighted by molar-refractivity contribution is -0.222. The molecule has 9 atom stereocenters. The van der Waals surface area contributed by atoms with Gasteiger partial charge in [0.2, 0.25) is 5.91 Å². The topological polar surface area (TPSA) is 171 Å². The fourth-order valence-corrected chi connectivity index (χ4v) is 7.00. The Morgan fingerprint density at radius 2 is 1.52 bits per heavy atom. The van der Waals surface area contributed by atoms with E-state index in [1.807, 2.05) is 30.3 Å². The summed E-state index contributed by atoms with van der Waals surface area (Å²) in [5.74, 6) is -1.15. The van der Waals surface area contributed by atoms with Gasteiger partial charge in [-0.25, -0.2) is 4.39 Å². The molecule has 2 aliphatic heterocycles. The first kappa shape index (κ1) is 34.0. The molecule has 0 saturated carbocycles. The van der Waals surface area contributed by atoms with Gasteiger partial charge in [-0.3, -0.25) is 4.79 Å². The normalized spacial score (nSPS) is 26.9. The number of anilines is 1. The Labute approximate surface area is 280 Å². The predicted octanol–water partition coefficient (Wildman–Crippen LogP) is 4.46. The third kappa shape index (κ3) is 6.58. The van der Waals surface area contributed by atoms with Crippen LogP contribution in [-0.4, -0.2) is 71.0 Å². The van der Waals surface area contributed by atoms with Gasteiger partial charge in [0, 0.05) is 23.3 Å². The summed E-state index contributed by atoms with van der Waals surface area (Å²) in [6, 6.07) is 25.9. The molecule has 2 fully saturated rings.